The van der Waals surface area contributed by atoms with Gasteiger partial charge in [-0.05, 0) is 39.3 Å². The van der Waals surface area contributed by atoms with Gasteiger partial charge in [0, 0.05) is 11.4 Å². The summed E-state index contributed by atoms with van der Waals surface area (Å²) in [4.78, 5) is 12.9. The van der Waals surface area contributed by atoms with E-state index in [-0.39, 0.29) is 23.0 Å². The number of sulfonamides is 1. The highest BCUT2D eigenvalue weighted by Gasteiger charge is 2.23. The number of Topliss-reactive ketones (excluding diaryl/α,β-unsaturated/α-hetero) is 1. The molecular formula is C13H16N2O4S2. The maximum atomic E-state index is 12.2. The molecule has 2 rings (SSSR count). The lowest BCUT2D eigenvalue weighted by Gasteiger charge is -2.05. The van der Waals surface area contributed by atoms with Gasteiger partial charge < -0.3 is 4.52 Å². The molecule has 0 aliphatic carbocycles. The molecule has 0 amide bonds. The SMILES string of the molecule is CC(=O)c1ccc(CCNS(=O)(=O)c2c(C)noc2C)s1. The minimum Gasteiger partial charge on any atom is -0.360 e. The molecule has 0 bridgehead atoms. The lowest BCUT2D eigenvalue weighted by atomic mass is 10.3. The predicted octanol–water partition coefficient (Wildman–Crippen LogP) is 2.08. The van der Waals surface area contributed by atoms with E-state index in [1.54, 1.807) is 19.9 Å². The van der Waals surface area contributed by atoms with Crippen LogP contribution < -0.4 is 4.72 Å². The highest BCUT2D eigenvalue weighted by Crippen LogP contribution is 2.19. The molecule has 0 saturated carbocycles. The van der Waals surface area contributed by atoms with E-state index < -0.39 is 10.0 Å². The normalized spacial score (nSPS) is 11.8. The Morgan fingerprint density at radius 2 is 2.10 bits per heavy atom. The van der Waals surface area contributed by atoms with Gasteiger partial charge in [0.05, 0.1) is 4.88 Å². The second kappa shape index (κ2) is 6.08. The molecule has 2 aromatic heterocycles. The molecule has 0 aliphatic rings. The summed E-state index contributed by atoms with van der Waals surface area (Å²) >= 11 is 1.38. The van der Waals surface area contributed by atoms with Crippen LogP contribution in [0.4, 0.5) is 0 Å². The van der Waals surface area contributed by atoms with Crippen LogP contribution in [0.15, 0.2) is 21.6 Å². The van der Waals surface area contributed by atoms with E-state index in [0.717, 1.165) is 4.88 Å². The summed E-state index contributed by atoms with van der Waals surface area (Å²) in [7, 11) is -3.63. The second-order valence-electron chi connectivity index (χ2n) is 4.62. The van der Waals surface area contributed by atoms with Crippen LogP contribution in [0, 0.1) is 13.8 Å². The zero-order valence-electron chi connectivity index (χ0n) is 12.0. The third kappa shape index (κ3) is 3.58. The van der Waals surface area contributed by atoms with Gasteiger partial charge in [0.2, 0.25) is 10.0 Å². The average Bonchev–Trinajstić information content (AvgIpc) is 2.96. The Balaban J connectivity index is 2.01. The lowest BCUT2D eigenvalue weighted by Crippen LogP contribution is -2.26. The molecule has 0 fully saturated rings. The Morgan fingerprint density at radius 1 is 1.38 bits per heavy atom. The molecular weight excluding hydrogens is 312 g/mol. The van der Waals surface area contributed by atoms with Crippen LogP contribution >= 0.6 is 11.3 Å². The van der Waals surface area contributed by atoms with Gasteiger partial charge in [0.25, 0.3) is 0 Å². The van der Waals surface area contributed by atoms with Crippen LogP contribution in [0.25, 0.3) is 0 Å². The van der Waals surface area contributed by atoms with Crippen molar-refractivity contribution in [2.75, 3.05) is 6.54 Å². The van der Waals surface area contributed by atoms with Gasteiger partial charge in [-0.25, -0.2) is 13.1 Å². The van der Waals surface area contributed by atoms with Gasteiger partial charge in [0.1, 0.15) is 10.6 Å². The standard InChI is InChI=1S/C13H16N2O4S2/c1-8-13(10(3)19-15-8)21(17,18)14-7-6-11-4-5-12(20-11)9(2)16/h4-5,14H,6-7H2,1-3H3. The van der Waals surface area contributed by atoms with Crippen molar-refractivity contribution in [3.8, 4) is 0 Å². The van der Waals surface area contributed by atoms with Crippen molar-refractivity contribution in [3.05, 3.63) is 33.3 Å². The van der Waals surface area contributed by atoms with Crippen molar-refractivity contribution in [1.82, 2.24) is 9.88 Å². The maximum absolute atomic E-state index is 12.2. The van der Waals surface area contributed by atoms with Crippen molar-refractivity contribution < 1.29 is 17.7 Å². The van der Waals surface area contributed by atoms with Crippen molar-refractivity contribution in [1.29, 1.82) is 0 Å². The first-order valence-corrected chi connectivity index (χ1v) is 8.63. The molecule has 0 saturated heterocycles. The summed E-state index contributed by atoms with van der Waals surface area (Å²) in [5.74, 6) is 0.289. The van der Waals surface area contributed by atoms with Crippen LogP contribution in [0.2, 0.25) is 0 Å². The molecule has 0 unspecified atom stereocenters. The summed E-state index contributed by atoms with van der Waals surface area (Å²) in [5, 5.41) is 3.64. The minimum absolute atomic E-state index is 0.0163. The number of hydrogen-bond acceptors (Lipinski definition) is 6. The largest absolute Gasteiger partial charge is 0.360 e. The van der Waals surface area contributed by atoms with Gasteiger partial charge in [-0.1, -0.05) is 5.16 Å². The summed E-state index contributed by atoms with van der Waals surface area (Å²) in [6.07, 6.45) is 0.528. The summed E-state index contributed by atoms with van der Waals surface area (Å²) in [6, 6.07) is 3.59. The number of nitrogens with one attached hydrogen (secondary N) is 1. The molecule has 0 radical (unpaired) electrons. The number of aryl methyl sites for hydroxylation is 2. The van der Waals surface area contributed by atoms with Crippen molar-refractivity contribution >= 4 is 27.1 Å². The molecule has 2 heterocycles. The number of rotatable bonds is 6. The van der Waals surface area contributed by atoms with Gasteiger partial charge in [-0.3, -0.25) is 4.79 Å². The van der Waals surface area contributed by atoms with Gasteiger partial charge in [-0.2, -0.15) is 0 Å². The molecule has 1 N–H and O–H groups in total. The molecule has 114 valence electrons. The molecule has 0 atom stereocenters. The second-order valence-corrected chi connectivity index (χ2v) is 7.50. The van der Waals surface area contributed by atoms with Gasteiger partial charge in [-0.15, -0.1) is 11.3 Å². The van der Waals surface area contributed by atoms with Crippen LogP contribution in [-0.2, 0) is 16.4 Å². The van der Waals surface area contributed by atoms with E-state index in [1.807, 2.05) is 6.07 Å². The van der Waals surface area contributed by atoms with Crippen LogP contribution in [0.5, 0.6) is 0 Å². The first kappa shape index (κ1) is 15.9. The molecule has 6 nitrogen and oxygen atoms in total. The molecule has 21 heavy (non-hydrogen) atoms. The summed E-state index contributed by atoms with van der Waals surface area (Å²) in [6.45, 7) is 4.91. The van der Waals surface area contributed by atoms with E-state index in [0.29, 0.717) is 17.0 Å². The van der Waals surface area contributed by atoms with E-state index in [1.165, 1.54) is 18.3 Å². The smallest absolute Gasteiger partial charge is 0.245 e. The number of carbonyl (C=O) groups is 1. The Hall–Kier alpha value is -1.51. The molecule has 0 aliphatic heterocycles. The lowest BCUT2D eigenvalue weighted by molar-refractivity contribution is 0.102. The van der Waals surface area contributed by atoms with E-state index >= 15 is 0 Å². The maximum Gasteiger partial charge on any atom is 0.245 e. The van der Waals surface area contributed by atoms with Crippen molar-refractivity contribution in [3.63, 3.8) is 0 Å². The van der Waals surface area contributed by atoms with Crippen LogP contribution in [0.1, 0.15) is 32.9 Å². The zero-order valence-corrected chi connectivity index (χ0v) is 13.6. The Bertz CT molecular complexity index is 739. The Kier molecular flexibility index (Phi) is 4.60. The molecule has 8 heteroatoms. The van der Waals surface area contributed by atoms with Crippen molar-refractivity contribution in [2.45, 2.75) is 32.1 Å². The van der Waals surface area contributed by atoms with E-state index in [2.05, 4.69) is 9.88 Å². The molecule has 0 spiro atoms. The third-order valence-corrected chi connectivity index (χ3v) is 5.86. The fraction of sp³-hybridized carbons (Fsp3) is 0.385. The summed E-state index contributed by atoms with van der Waals surface area (Å²) < 4.78 is 31.7. The highest BCUT2D eigenvalue weighted by atomic mass is 32.2. The average molecular weight is 328 g/mol. The molecule has 0 aromatic carbocycles. The predicted molar refractivity (Wildman–Crippen MR) is 79.2 cm³/mol. The highest BCUT2D eigenvalue weighted by molar-refractivity contribution is 7.89. The van der Waals surface area contributed by atoms with E-state index in [9.17, 15) is 13.2 Å². The minimum atomic E-state index is -3.63. The number of aromatic nitrogens is 1. The topological polar surface area (TPSA) is 89.3 Å². The number of thiophene rings is 1. The van der Waals surface area contributed by atoms with Gasteiger partial charge in [0.15, 0.2) is 11.5 Å². The first-order valence-electron chi connectivity index (χ1n) is 6.33. The fourth-order valence-electron chi connectivity index (χ4n) is 1.94. The van der Waals surface area contributed by atoms with Crippen LogP contribution in [0.3, 0.4) is 0 Å². The van der Waals surface area contributed by atoms with Gasteiger partial charge >= 0.3 is 0 Å². The number of carbonyl (C=O) groups excluding carboxylic acids is 1. The third-order valence-electron chi connectivity index (χ3n) is 2.91. The zero-order chi connectivity index (χ0) is 15.6. The first-order chi connectivity index (χ1) is 9.81. The fourth-order valence-corrected chi connectivity index (χ4v) is 4.20. The quantitative estimate of drug-likeness (QED) is 0.820. The number of hydrogen-bond donors (Lipinski definition) is 1. The van der Waals surface area contributed by atoms with Crippen LogP contribution in [-0.4, -0.2) is 25.9 Å². The summed E-state index contributed by atoms with van der Waals surface area (Å²) in [5.41, 5.74) is 0.343. The Morgan fingerprint density at radius 3 is 2.62 bits per heavy atom. The molecule has 2 aromatic rings. The van der Waals surface area contributed by atoms with Crippen molar-refractivity contribution in [2.24, 2.45) is 0 Å². The Labute approximate surface area is 127 Å². The number of ketones is 1. The monoisotopic (exact) mass is 328 g/mol. The van der Waals surface area contributed by atoms with E-state index in [4.69, 9.17) is 4.52 Å². The number of nitrogens with zero attached hydrogens (tertiary/aromatic N) is 1.